The van der Waals surface area contributed by atoms with E-state index < -0.39 is 10.0 Å². The van der Waals surface area contributed by atoms with Crippen molar-refractivity contribution in [3.63, 3.8) is 0 Å². The summed E-state index contributed by atoms with van der Waals surface area (Å²) < 4.78 is 27.3. The number of amides is 1. The molecule has 0 unspecified atom stereocenters. The zero-order chi connectivity index (χ0) is 19.4. The summed E-state index contributed by atoms with van der Waals surface area (Å²) in [6.45, 7) is 4.39. The Morgan fingerprint density at radius 1 is 1.15 bits per heavy atom. The van der Waals surface area contributed by atoms with Crippen LogP contribution in [-0.2, 0) is 10.0 Å². The number of sulfonamides is 1. The lowest BCUT2D eigenvalue weighted by Crippen LogP contribution is -2.41. The molecule has 0 bridgehead atoms. The first-order valence-electron chi connectivity index (χ1n) is 9.22. The predicted molar refractivity (Wildman–Crippen MR) is 104 cm³/mol. The lowest BCUT2D eigenvalue weighted by atomic mass is 10.1. The molecule has 27 heavy (non-hydrogen) atoms. The Bertz CT molecular complexity index is 882. The minimum Gasteiger partial charge on any atom is -0.346 e. The number of nitrogens with zero attached hydrogens (tertiary/aromatic N) is 2. The zero-order valence-corrected chi connectivity index (χ0v) is 16.4. The van der Waals surface area contributed by atoms with Gasteiger partial charge in [0.25, 0.3) is 5.91 Å². The molecule has 1 amide bonds. The van der Waals surface area contributed by atoms with Crippen LogP contribution in [-0.4, -0.2) is 36.2 Å². The Kier molecular flexibility index (Phi) is 5.92. The van der Waals surface area contributed by atoms with Gasteiger partial charge in [0.15, 0.2) is 0 Å². The van der Waals surface area contributed by atoms with Crippen LogP contribution in [0.4, 0.5) is 0 Å². The maximum absolute atomic E-state index is 12.9. The van der Waals surface area contributed by atoms with Gasteiger partial charge in [0.1, 0.15) is 0 Å². The summed E-state index contributed by atoms with van der Waals surface area (Å²) in [7, 11) is -3.53. The molecule has 7 heteroatoms. The van der Waals surface area contributed by atoms with Crippen molar-refractivity contribution < 1.29 is 13.2 Å². The van der Waals surface area contributed by atoms with Gasteiger partial charge in [0, 0.05) is 30.5 Å². The molecule has 6 nitrogen and oxygen atoms in total. The second-order valence-electron chi connectivity index (χ2n) is 6.96. The van der Waals surface area contributed by atoms with Crippen LogP contribution in [0.1, 0.15) is 55.1 Å². The van der Waals surface area contributed by atoms with Crippen LogP contribution < -0.4 is 5.32 Å². The Hall–Kier alpha value is -2.25. The Balaban J connectivity index is 1.72. The van der Waals surface area contributed by atoms with E-state index in [1.54, 1.807) is 28.8 Å². The molecule has 1 saturated heterocycles. The number of aromatic nitrogens is 1. The number of carbonyl (C=O) groups excluding carboxylic acids is 1. The molecule has 1 aliphatic heterocycles. The average molecular weight is 388 g/mol. The Morgan fingerprint density at radius 3 is 2.44 bits per heavy atom. The maximum Gasteiger partial charge on any atom is 0.251 e. The highest BCUT2D eigenvalue weighted by molar-refractivity contribution is 7.89. The SMILES string of the molecule is C[C@@H](NC(=O)c1ccc(S(=O)(=O)N2CCCC[C@@H]2C)cc1)c1ccncc1. The zero-order valence-electron chi connectivity index (χ0n) is 15.6. The van der Waals surface area contributed by atoms with E-state index in [4.69, 9.17) is 0 Å². The predicted octanol–water partition coefficient (Wildman–Crippen LogP) is 3.14. The summed E-state index contributed by atoms with van der Waals surface area (Å²) in [5, 5.41) is 2.91. The molecule has 2 heterocycles. The van der Waals surface area contributed by atoms with Crippen LogP contribution in [0, 0.1) is 0 Å². The van der Waals surface area contributed by atoms with Crippen LogP contribution in [0.3, 0.4) is 0 Å². The summed E-state index contributed by atoms with van der Waals surface area (Å²) in [4.78, 5) is 16.7. The standard InChI is InChI=1S/C20H25N3O3S/c1-15-5-3-4-14-23(15)27(25,26)19-8-6-18(7-9-19)20(24)22-16(2)17-10-12-21-13-11-17/h6-13,15-16H,3-5,14H2,1-2H3,(H,22,24)/t15-,16+/m0/s1. The normalized spacial score (nSPS) is 19.4. The van der Waals surface area contributed by atoms with E-state index in [1.165, 1.54) is 12.1 Å². The third-order valence-electron chi connectivity index (χ3n) is 5.02. The third-order valence-corrected chi connectivity index (χ3v) is 7.05. The summed E-state index contributed by atoms with van der Waals surface area (Å²) in [5.41, 5.74) is 1.39. The molecule has 1 N–H and O–H groups in total. The highest BCUT2D eigenvalue weighted by Gasteiger charge is 2.30. The van der Waals surface area contributed by atoms with E-state index in [9.17, 15) is 13.2 Å². The van der Waals surface area contributed by atoms with Crippen LogP contribution in [0.2, 0.25) is 0 Å². The molecule has 1 aliphatic rings. The van der Waals surface area contributed by atoms with E-state index in [2.05, 4.69) is 10.3 Å². The quantitative estimate of drug-likeness (QED) is 0.855. The molecule has 0 saturated carbocycles. The molecule has 0 spiro atoms. The molecule has 1 aromatic heterocycles. The van der Waals surface area contributed by atoms with E-state index in [0.717, 1.165) is 24.8 Å². The van der Waals surface area contributed by atoms with Crippen molar-refractivity contribution in [2.75, 3.05) is 6.54 Å². The lowest BCUT2D eigenvalue weighted by molar-refractivity contribution is 0.0939. The number of hydrogen-bond acceptors (Lipinski definition) is 4. The molecule has 0 radical (unpaired) electrons. The average Bonchev–Trinajstić information content (AvgIpc) is 2.69. The van der Waals surface area contributed by atoms with Crippen LogP contribution in [0.5, 0.6) is 0 Å². The Labute approximate surface area is 160 Å². The van der Waals surface area contributed by atoms with Gasteiger partial charge < -0.3 is 5.32 Å². The van der Waals surface area contributed by atoms with Gasteiger partial charge in [-0.3, -0.25) is 9.78 Å². The molecule has 0 aliphatic carbocycles. The largest absolute Gasteiger partial charge is 0.346 e. The van der Waals surface area contributed by atoms with Crippen molar-refractivity contribution in [2.45, 2.75) is 50.1 Å². The van der Waals surface area contributed by atoms with E-state index in [0.29, 0.717) is 12.1 Å². The van der Waals surface area contributed by atoms with Gasteiger partial charge in [-0.15, -0.1) is 0 Å². The molecular weight excluding hydrogens is 362 g/mol. The molecule has 144 valence electrons. The number of hydrogen-bond donors (Lipinski definition) is 1. The van der Waals surface area contributed by atoms with Gasteiger partial charge in [-0.05, 0) is 68.7 Å². The monoisotopic (exact) mass is 387 g/mol. The van der Waals surface area contributed by atoms with Crippen molar-refractivity contribution in [1.29, 1.82) is 0 Å². The van der Waals surface area contributed by atoms with E-state index >= 15 is 0 Å². The molecule has 3 rings (SSSR count). The first-order valence-corrected chi connectivity index (χ1v) is 10.7. The number of carbonyl (C=O) groups is 1. The first kappa shape index (κ1) is 19.5. The van der Waals surface area contributed by atoms with Crippen LogP contribution >= 0.6 is 0 Å². The number of piperidine rings is 1. The van der Waals surface area contributed by atoms with Gasteiger partial charge >= 0.3 is 0 Å². The topological polar surface area (TPSA) is 79.4 Å². The minimum absolute atomic E-state index is 0.00735. The van der Waals surface area contributed by atoms with Gasteiger partial charge in [-0.25, -0.2) is 8.42 Å². The second kappa shape index (κ2) is 8.19. The van der Waals surface area contributed by atoms with Crippen molar-refractivity contribution >= 4 is 15.9 Å². The minimum atomic E-state index is -3.53. The fourth-order valence-corrected chi connectivity index (χ4v) is 5.06. The smallest absolute Gasteiger partial charge is 0.251 e. The van der Waals surface area contributed by atoms with Crippen LogP contribution in [0.25, 0.3) is 0 Å². The molecule has 2 aromatic rings. The summed E-state index contributed by atoms with van der Waals surface area (Å²) in [6, 6.07) is 9.70. The summed E-state index contributed by atoms with van der Waals surface area (Å²) in [5.74, 6) is -0.241. The molecular formula is C20H25N3O3S. The first-order chi connectivity index (χ1) is 12.9. The number of pyridine rings is 1. The number of rotatable bonds is 5. The summed E-state index contributed by atoms with van der Waals surface area (Å²) >= 11 is 0. The van der Waals surface area contributed by atoms with Crippen molar-refractivity contribution in [2.24, 2.45) is 0 Å². The second-order valence-corrected chi connectivity index (χ2v) is 8.85. The van der Waals surface area contributed by atoms with Crippen molar-refractivity contribution in [1.82, 2.24) is 14.6 Å². The van der Waals surface area contributed by atoms with Crippen LogP contribution in [0.15, 0.2) is 53.7 Å². The number of nitrogens with one attached hydrogen (secondary N) is 1. The molecule has 2 atom stereocenters. The fourth-order valence-electron chi connectivity index (χ4n) is 3.36. The third kappa shape index (κ3) is 4.36. The number of benzene rings is 1. The highest BCUT2D eigenvalue weighted by atomic mass is 32.2. The van der Waals surface area contributed by atoms with E-state index in [1.807, 2.05) is 26.0 Å². The molecule has 1 fully saturated rings. The maximum atomic E-state index is 12.9. The Morgan fingerprint density at radius 2 is 1.81 bits per heavy atom. The molecule has 1 aromatic carbocycles. The summed E-state index contributed by atoms with van der Waals surface area (Å²) in [6.07, 6.45) is 6.18. The van der Waals surface area contributed by atoms with E-state index in [-0.39, 0.29) is 22.9 Å². The fraction of sp³-hybridized carbons (Fsp3) is 0.400. The highest BCUT2D eigenvalue weighted by Crippen LogP contribution is 2.25. The lowest BCUT2D eigenvalue weighted by Gasteiger charge is -2.32. The van der Waals surface area contributed by atoms with Crippen molar-refractivity contribution in [3.8, 4) is 0 Å². The van der Waals surface area contributed by atoms with Crippen molar-refractivity contribution in [3.05, 3.63) is 59.9 Å². The van der Waals surface area contributed by atoms with Gasteiger partial charge in [-0.1, -0.05) is 6.42 Å². The van der Waals surface area contributed by atoms with Gasteiger partial charge in [0.05, 0.1) is 10.9 Å². The van der Waals surface area contributed by atoms with Gasteiger partial charge in [-0.2, -0.15) is 4.31 Å². The van der Waals surface area contributed by atoms with Gasteiger partial charge in [0.2, 0.25) is 10.0 Å².